The lowest BCUT2D eigenvalue weighted by Crippen LogP contribution is -2.31. The van der Waals surface area contributed by atoms with Gasteiger partial charge in [0.25, 0.3) is 0 Å². The summed E-state index contributed by atoms with van der Waals surface area (Å²) in [6.07, 6.45) is 8.81. The van der Waals surface area contributed by atoms with Crippen LogP contribution in [-0.4, -0.2) is 29.7 Å². The molecule has 1 aliphatic rings. The van der Waals surface area contributed by atoms with Crippen LogP contribution in [0.4, 0.5) is 5.95 Å². The first kappa shape index (κ1) is 12.4. The predicted molar refractivity (Wildman–Crippen MR) is 71.2 cm³/mol. The Hall–Kier alpha value is -1.03. The average molecular weight is 236 g/mol. The monoisotopic (exact) mass is 236 g/mol. The fraction of sp³-hybridized carbons (Fsp3) is 0.769. The Kier molecular flexibility index (Phi) is 4.05. The van der Waals surface area contributed by atoms with E-state index in [0.29, 0.717) is 6.04 Å². The topological polar surface area (TPSA) is 33.1 Å². The third-order valence-corrected chi connectivity index (χ3v) is 3.64. The SMILES string of the molecule is CN(C)c1ncc(CNC2CCCCC2)n1C. The number of imidazole rings is 1. The first-order valence-electron chi connectivity index (χ1n) is 6.60. The summed E-state index contributed by atoms with van der Waals surface area (Å²) in [5.74, 6) is 1.02. The number of rotatable bonds is 4. The molecule has 0 spiro atoms. The number of aromatic nitrogens is 2. The third kappa shape index (κ3) is 3.00. The van der Waals surface area contributed by atoms with Gasteiger partial charge in [-0.2, -0.15) is 0 Å². The number of hydrogen-bond acceptors (Lipinski definition) is 3. The van der Waals surface area contributed by atoms with Gasteiger partial charge >= 0.3 is 0 Å². The van der Waals surface area contributed by atoms with Gasteiger partial charge in [-0.25, -0.2) is 4.98 Å². The molecule has 2 rings (SSSR count). The van der Waals surface area contributed by atoms with Crippen molar-refractivity contribution in [1.82, 2.24) is 14.9 Å². The zero-order valence-corrected chi connectivity index (χ0v) is 11.2. The summed E-state index contributed by atoms with van der Waals surface area (Å²) in [6.45, 7) is 0.933. The highest BCUT2D eigenvalue weighted by atomic mass is 15.3. The highest BCUT2D eigenvalue weighted by molar-refractivity contribution is 5.30. The lowest BCUT2D eigenvalue weighted by molar-refractivity contribution is 0.369. The van der Waals surface area contributed by atoms with Crippen LogP contribution in [0.25, 0.3) is 0 Å². The molecule has 0 radical (unpaired) electrons. The normalized spacial score (nSPS) is 17.4. The molecule has 1 saturated carbocycles. The van der Waals surface area contributed by atoms with Crippen LogP contribution in [0.1, 0.15) is 37.8 Å². The molecule has 4 nitrogen and oxygen atoms in total. The Morgan fingerprint density at radius 2 is 2.06 bits per heavy atom. The Labute approximate surface area is 104 Å². The van der Waals surface area contributed by atoms with E-state index in [1.165, 1.54) is 37.8 Å². The molecule has 4 heteroatoms. The second kappa shape index (κ2) is 5.54. The van der Waals surface area contributed by atoms with Gasteiger partial charge in [-0.1, -0.05) is 19.3 Å². The van der Waals surface area contributed by atoms with Gasteiger partial charge in [0, 0.05) is 33.7 Å². The molecule has 1 heterocycles. The van der Waals surface area contributed by atoms with Crippen molar-refractivity contribution in [3.63, 3.8) is 0 Å². The van der Waals surface area contributed by atoms with E-state index < -0.39 is 0 Å². The number of anilines is 1. The molecule has 1 fully saturated rings. The largest absolute Gasteiger partial charge is 0.348 e. The summed E-state index contributed by atoms with van der Waals surface area (Å²) >= 11 is 0. The molecule has 0 aromatic carbocycles. The van der Waals surface area contributed by atoms with Crippen LogP contribution in [-0.2, 0) is 13.6 Å². The predicted octanol–water partition coefficient (Wildman–Crippen LogP) is 1.91. The van der Waals surface area contributed by atoms with E-state index in [1.54, 1.807) is 0 Å². The smallest absolute Gasteiger partial charge is 0.204 e. The Bertz CT molecular complexity index is 350. The van der Waals surface area contributed by atoms with E-state index in [2.05, 4.69) is 21.9 Å². The zero-order valence-electron chi connectivity index (χ0n) is 11.2. The molecule has 0 aliphatic heterocycles. The van der Waals surface area contributed by atoms with Crippen molar-refractivity contribution < 1.29 is 0 Å². The van der Waals surface area contributed by atoms with Gasteiger partial charge in [-0.05, 0) is 12.8 Å². The highest BCUT2D eigenvalue weighted by Crippen LogP contribution is 2.18. The van der Waals surface area contributed by atoms with Gasteiger partial charge < -0.3 is 14.8 Å². The van der Waals surface area contributed by atoms with Crippen molar-refractivity contribution in [3.8, 4) is 0 Å². The third-order valence-electron chi connectivity index (χ3n) is 3.64. The Balaban J connectivity index is 1.90. The molecule has 1 aromatic heterocycles. The molecule has 0 amide bonds. The molecule has 0 atom stereocenters. The molecule has 96 valence electrons. The van der Waals surface area contributed by atoms with Crippen LogP contribution in [0.15, 0.2) is 6.20 Å². The van der Waals surface area contributed by atoms with Gasteiger partial charge in [0.1, 0.15) is 0 Å². The van der Waals surface area contributed by atoms with Crippen LogP contribution in [0.3, 0.4) is 0 Å². The molecule has 0 saturated heterocycles. The molecule has 0 bridgehead atoms. The van der Waals surface area contributed by atoms with Crippen LogP contribution in [0, 0.1) is 0 Å². The first-order valence-corrected chi connectivity index (χ1v) is 6.60. The second-order valence-electron chi connectivity index (χ2n) is 5.22. The minimum absolute atomic E-state index is 0.710. The van der Waals surface area contributed by atoms with Gasteiger partial charge in [0.05, 0.1) is 11.9 Å². The summed E-state index contributed by atoms with van der Waals surface area (Å²) in [7, 11) is 6.14. The van der Waals surface area contributed by atoms with Crippen LogP contribution < -0.4 is 10.2 Å². The molecule has 17 heavy (non-hydrogen) atoms. The summed E-state index contributed by atoms with van der Waals surface area (Å²) in [5, 5.41) is 3.65. The van der Waals surface area contributed by atoms with Crippen LogP contribution >= 0.6 is 0 Å². The standard InChI is InChI=1S/C13H24N4/c1-16(2)13-15-10-12(17(13)3)9-14-11-7-5-4-6-8-11/h10-11,14H,4-9H2,1-3H3. The molecular weight excluding hydrogens is 212 g/mol. The second-order valence-corrected chi connectivity index (χ2v) is 5.22. The molecule has 1 aromatic rings. The van der Waals surface area contributed by atoms with Gasteiger partial charge in [-0.15, -0.1) is 0 Å². The first-order chi connectivity index (χ1) is 8.18. The Morgan fingerprint density at radius 3 is 2.65 bits per heavy atom. The van der Waals surface area contributed by atoms with Crippen molar-refractivity contribution in [2.45, 2.75) is 44.7 Å². The average Bonchev–Trinajstić information content (AvgIpc) is 2.69. The van der Waals surface area contributed by atoms with Gasteiger partial charge in [-0.3, -0.25) is 0 Å². The van der Waals surface area contributed by atoms with E-state index in [1.807, 2.05) is 25.2 Å². The van der Waals surface area contributed by atoms with Crippen molar-refractivity contribution in [2.75, 3.05) is 19.0 Å². The van der Waals surface area contributed by atoms with Crippen molar-refractivity contribution in [3.05, 3.63) is 11.9 Å². The highest BCUT2D eigenvalue weighted by Gasteiger charge is 2.14. The molecule has 1 N–H and O–H groups in total. The van der Waals surface area contributed by atoms with Crippen LogP contribution in [0.5, 0.6) is 0 Å². The molecule has 0 unspecified atom stereocenters. The fourth-order valence-electron chi connectivity index (χ4n) is 2.57. The minimum Gasteiger partial charge on any atom is -0.348 e. The summed E-state index contributed by atoms with van der Waals surface area (Å²) in [4.78, 5) is 6.47. The summed E-state index contributed by atoms with van der Waals surface area (Å²) < 4.78 is 2.16. The summed E-state index contributed by atoms with van der Waals surface area (Å²) in [6, 6.07) is 0.710. The lowest BCUT2D eigenvalue weighted by atomic mass is 9.95. The van der Waals surface area contributed by atoms with Gasteiger partial charge in [0.2, 0.25) is 5.95 Å². The quantitative estimate of drug-likeness (QED) is 0.867. The van der Waals surface area contributed by atoms with Crippen molar-refractivity contribution in [1.29, 1.82) is 0 Å². The van der Waals surface area contributed by atoms with E-state index in [0.717, 1.165) is 12.5 Å². The number of nitrogens with one attached hydrogen (secondary N) is 1. The fourth-order valence-corrected chi connectivity index (χ4v) is 2.57. The van der Waals surface area contributed by atoms with E-state index in [9.17, 15) is 0 Å². The maximum atomic E-state index is 4.43. The number of hydrogen-bond donors (Lipinski definition) is 1. The molecular formula is C13H24N4. The summed E-state index contributed by atoms with van der Waals surface area (Å²) in [5.41, 5.74) is 1.26. The van der Waals surface area contributed by atoms with Gasteiger partial charge in [0.15, 0.2) is 0 Å². The number of nitrogens with zero attached hydrogens (tertiary/aromatic N) is 3. The molecule has 1 aliphatic carbocycles. The Morgan fingerprint density at radius 1 is 1.35 bits per heavy atom. The van der Waals surface area contributed by atoms with Crippen molar-refractivity contribution >= 4 is 5.95 Å². The maximum absolute atomic E-state index is 4.43. The minimum atomic E-state index is 0.710. The van der Waals surface area contributed by atoms with Crippen molar-refractivity contribution in [2.24, 2.45) is 7.05 Å². The van der Waals surface area contributed by atoms with E-state index >= 15 is 0 Å². The van der Waals surface area contributed by atoms with E-state index in [4.69, 9.17) is 0 Å². The lowest BCUT2D eigenvalue weighted by Gasteiger charge is -2.23. The van der Waals surface area contributed by atoms with E-state index in [-0.39, 0.29) is 0 Å². The zero-order chi connectivity index (χ0) is 12.3. The maximum Gasteiger partial charge on any atom is 0.204 e. The van der Waals surface area contributed by atoms with Crippen LogP contribution in [0.2, 0.25) is 0 Å².